The van der Waals surface area contributed by atoms with Crippen molar-refractivity contribution in [3.63, 3.8) is 0 Å². The molecule has 3 aliphatic rings. The van der Waals surface area contributed by atoms with Crippen molar-refractivity contribution in [2.24, 2.45) is 0 Å². The molecule has 248 valence electrons. The van der Waals surface area contributed by atoms with Gasteiger partial charge in [-0.05, 0) is 73.7 Å². The van der Waals surface area contributed by atoms with Gasteiger partial charge in [0.05, 0.1) is 6.54 Å². The quantitative estimate of drug-likeness (QED) is 0.336. The van der Waals surface area contributed by atoms with Gasteiger partial charge in [-0.15, -0.1) is 0 Å². The van der Waals surface area contributed by atoms with E-state index in [1.54, 1.807) is 11.0 Å². The predicted octanol–water partition coefficient (Wildman–Crippen LogP) is 4.11. The zero-order valence-corrected chi connectivity index (χ0v) is 27.1. The van der Waals surface area contributed by atoms with E-state index in [0.29, 0.717) is 11.5 Å². The van der Waals surface area contributed by atoms with E-state index < -0.39 is 23.2 Å². The van der Waals surface area contributed by atoms with E-state index in [4.69, 9.17) is 4.74 Å². The molecule has 11 heteroatoms. The number of hydrogen-bond acceptors (Lipinski definition) is 7. The van der Waals surface area contributed by atoms with Gasteiger partial charge >= 0.3 is 0 Å². The first kappa shape index (κ1) is 33.5. The molecule has 1 aliphatic carbocycles. The molecule has 0 spiro atoms. The van der Waals surface area contributed by atoms with Crippen LogP contribution in [0.2, 0.25) is 0 Å². The molecule has 1 saturated carbocycles. The van der Waals surface area contributed by atoms with Crippen molar-refractivity contribution in [1.29, 1.82) is 0 Å². The molecule has 1 unspecified atom stereocenters. The Morgan fingerprint density at radius 3 is 2.50 bits per heavy atom. The van der Waals surface area contributed by atoms with Gasteiger partial charge < -0.3 is 35.3 Å². The number of halogens is 1. The number of benzene rings is 2. The molecule has 2 saturated heterocycles. The van der Waals surface area contributed by atoms with Gasteiger partial charge in [0.25, 0.3) is 11.8 Å². The summed E-state index contributed by atoms with van der Waals surface area (Å²) in [5.41, 5.74) is 0.379. The number of carbonyl (C=O) groups is 4. The molecule has 5 rings (SSSR count). The number of carbonyl (C=O) groups excluding carboxylic acids is 4. The number of ether oxygens (including phenoxy) is 1. The number of hydrogen-bond donors (Lipinski definition) is 3. The average molecular weight is 636 g/mol. The lowest BCUT2D eigenvalue weighted by atomic mass is 9.83. The third-order valence-corrected chi connectivity index (χ3v) is 9.24. The highest BCUT2D eigenvalue weighted by molar-refractivity contribution is 5.99. The largest absolute Gasteiger partial charge is 0.489 e. The third kappa shape index (κ3) is 7.75. The van der Waals surface area contributed by atoms with Crippen LogP contribution in [0.3, 0.4) is 0 Å². The number of amides is 3. The van der Waals surface area contributed by atoms with Crippen LogP contribution in [0.15, 0.2) is 36.4 Å². The Morgan fingerprint density at radius 2 is 1.83 bits per heavy atom. The lowest BCUT2D eigenvalue weighted by Crippen LogP contribution is -2.69. The van der Waals surface area contributed by atoms with E-state index in [2.05, 4.69) is 16.0 Å². The monoisotopic (exact) mass is 635 g/mol. The highest BCUT2D eigenvalue weighted by Gasteiger charge is 2.46. The Balaban J connectivity index is 1.44. The zero-order chi connectivity index (χ0) is 32.8. The number of anilines is 1. The predicted molar refractivity (Wildman–Crippen MR) is 174 cm³/mol. The molecule has 3 amide bonds. The van der Waals surface area contributed by atoms with E-state index in [9.17, 15) is 23.6 Å². The van der Waals surface area contributed by atoms with Crippen LogP contribution >= 0.6 is 0 Å². The smallest absolute Gasteiger partial charge is 0.254 e. The maximum absolute atomic E-state index is 14.4. The van der Waals surface area contributed by atoms with Crippen LogP contribution in [0, 0.1) is 5.82 Å². The lowest BCUT2D eigenvalue weighted by molar-refractivity contribution is -0.120. The fourth-order valence-corrected chi connectivity index (χ4v) is 6.85. The minimum atomic E-state index is -1.36. The highest BCUT2D eigenvalue weighted by Crippen LogP contribution is 2.39. The maximum atomic E-state index is 14.4. The van der Waals surface area contributed by atoms with Gasteiger partial charge in [-0.3, -0.25) is 14.4 Å². The van der Waals surface area contributed by atoms with Gasteiger partial charge in [-0.25, -0.2) is 4.39 Å². The second-order valence-electron chi connectivity index (χ2n) is 13.2. The minimum absolute atomic E-state index is 0.0164. The Bertz CT molecular complexity index is 1440. The number of nitrogens with zero attached hydrogens (tertiary/aromatic N) is 2. The third-order valence-electron chi connectivity index (χ3n) is 9.24. The molecule has 2 aromatic carbocycles. The molecule has 0 bridgehead atoms. The summed E-state index contributed by atoms with van der Waals surface area (Å²) in [4.78, 5) is 55.7. The molecule has 3 fully saturated rings. The number of rotatable bonds is 10. The molecule has 3 N–H and O–H groups in total. The van der Waals surface area contributed by atoms with Gasteiger partial charge in [0, 0.05) is 56.0 Å². The second-order valence-corrected chi connectivity index (χ2v) is 13.2. The van der Waals surface area contributed by atoms with Gasteiger partial charge in [0.1, 0.15) is 29.5 Å². The Morgan fingerprint density at radius 1 is 1.04 bits per heavy atom. The van der Waals surface area contributed by atoms with E-state index >= 15 is 0 Å². The molecule has 46 heavy (non-hydrogen) atoms. The second kappa shape index (κ2) is 14.7. The van der Waals surface area contributed by atoms with Crippen LogP contribution in [0.4, 0.5) is 10.1 Å². The van der Waals surface area contributed by atoms with Crippen molar-refractivity contribution in [2.75, 3.05) is 44.6 Å². The summed E-state index contributed by atoms with van der Waals surface area (Å²) in [6.45, 7) is 7.23. The molecule has 2 aliphatic heterocycles. The summed E-state index contributed by atoms with van der Waals surface area (Å²) in [6.07, 6.45) is 7.33. The van der Waals surface area contributed by atoms with Crippen molar-refractivity contribution < 1.29 is 28.3 Å². The van der Waals surface area contributed by atoms with Crippen LogP contribution in [-0.2, 0) is 9.59 Å². The summed E-state index contributed by atoms with van der Waals surface area (Å²) < 4.78 is 20.9. The SMILES string of the molecule is CC(=O)Nc1cc(F)cc(C(=O)N2CCN(C(=O)c3ccc(O[C@H]4CCNC4)c(C4CCCCC4)c3)C(C=O)(CNC(C)C)C2)c1. The first-order chi connectivity index (χ1) is 22.1. The summed E-state index contributed by atoms with van der Waals surface area (Å²) >= 11 is 0. The van der Waals surface area contributed by atoms with Gasteiger partial charge in [-0.1, -0.05) is 33.1 Å². The maximum Gasteiger partial charge on any atom is 0.254 e. The molecule has 0 aromatic heterocycles. The van der Waals surface area contributed by atoms with Gasteiger partial charge in [-0.2, -0.15) is 0 Å². The number of aldehydes is 1. The van der Waals surface area contributed by atoms with E-state index in [1.165, 1.54) is 24.3 Å². The Kier molecular flexibility index (Phi) is 10.7. The van der Waals surface area contributed by atoms with E-state index in [0.717, 1.165) is 74.9 Å². The van der Waals surface area contributed by atoms with Crippen molar-refractivity contribution in [3.05, 3.63) is 58.9 Å². The molecular weight excluding hydrogens is 589 g/mol. The van der Waals surface area contributed by atoms with Crippen LogP contribution in [0.1, 0.15) is 91.5 Å². The zero-order valence-electron chi connectivity index (χ0n) is 27.1. The van der Waals surface area contributed by atoms with E-state index in [1.807, 2.05) is 26.0 Å². The number of nitrogens with one attached hydrogen (secondary N) is 3. The lowest BCUT2D eigenvalue weighted by Gasteiger charge is -2.48. The van der Waals surface area contributed by atoms with Crippen molar-refractivity contribution in [2.45, 2.75) is 82.9 Å². The molecule has 0 radical (unpaired) electrons. The normalized spacial score (nSPS) is 22.2. The molecular formula is C35H46FN5O5. The van der Waals surface area contributed by atoms with Gasteiger partial charge in [0.2, 0.25) is 5.91 Å². The minimum Gasteiger partial charge on any atom is -0.489 e. The fourth-order valence-electron chi connectivity index (χ4n) is 6.85. The van der Waals surface area contributed by atoms with Crippen LogP contribution in [-0.4, -0.2) is 90.8 Å². The summed E-state index contributed by atoms with van der Waals surface area (Å²) in [5, 5.41) is 9.16. The molecule has 2 heterocycles. The van der Waals surface area contributed by atoms with E-state index in [-0.39, 0.29) is 55.5 Å². The average Bonchev–Trinajstić information content (AvgIpc) is 3.56. The van der Waals surface area contributed by atoms with Gasteiger partial charge in [0.15, 0.2) is 0 Å². The fraction of sp³-hybridized carbons (Fsp3) is 0.543. The highest BCUT2D eigenvalue weighted by atomic mass is 19.1. The van der Waals surface area contributed by atoms with Crippen LogP contribution in [0.5, 0.6) is 5.75 Å². The van der Waals surface area contributed by atoms with Crippen LogP contribution < -0.4 is 20.7 Å². The standard InChI is InChI=1S/C35H46FN5O5/c1-23(2)38-20-35(22-42)21-40(33(44)27-15-28(36)18-29(16-27)39-24(3)43)13-14-41(35)34(45)26-9-10-32(46-30-11-12-37-19-30)31(17-26)25-7-5-4-6-8-25/h9-10,15-18,22-23,25,30,37-38H,4-8,11-14,19-21H2,1-3H3,(H,39,43)/t30-,35?/m0/s1. The summed E-state index contributed by atoms with van der Waals surface area (Å²) in [5.74, 6) is -0.711. The van der Waals surface area contributed by atoms with Crippen molar-refractivity contribution in [1.82, 2.24) is 20.4 Å². The topological polar surface area (TPSA) is 120 Å². The first-order valence-electron chi connectivity index (χ1n) is 16.5. The first-order valence-corrected chi connectivity index (χ1v) is 16.5. The van der Waals surface area contributed by atoms with Crippen LogP contribution in [0.25, 0.3) is 0 Å². The summed E-state index contributed by atoms with van der Waals surface area (Å²) in [6, 6.07) is 9.32. The Hall–Kier alpha value is -3.83. The molecule has 2 aromatic rings. The van der Waals surface area contributed by atoms with Crippen molar-refractivity contribution in [3.8, 4) is 5.75 Å². The summed E-state index contributed by atoms with van der Waals surface area (Å²) in [7, 11) is 0. The number of piperazine rings is 1. The molecule has 2 atom stereocenters. The molecule has 10 nitrogen and oxygen atoms in total. The Labute approximate surface area is 270 Å². The van der Waals surface area contributed by atoms with Crippen molar-refractivity contribution >= 4 is 29.7 Å².